The summed E-state index contributed by atoms with van der Waals surface area (Å²) in [5, 5.41) is 3.38. The predicted octanol–water partition coefficient (Wildman–Crippen LogP) is 3.52. The van der Waals surface area contributed by atoms with Crippen molar-refractivity contribution >= 4 is 56.4 Å². The third-order valence-corrected chi connectivity index (χ3v) is 8.14. The van der Waals surface area contributed by atoms with E-state index in [1.807, 2.05) is 6.07 Å². The fourth-order valence-corrected chi connectivity index (χ4v) is 6.29. The van der Waals surface area contributed by atoms with Crippen LogP contribution in [0.2, 0.25) is 10.0 Å². The van der Waals surface area contributed by atoms with Gasteiger partial charge < -0.3 is 10.2 Å². The lowest BCUT2D eigenvalue weighted by atomic mass is 9.95. The number of para-hydroxylation sites is 2. The molecule has 0 spiro atoms. The van der Waals surface area contributed by atoms with E-state index in [-0.39, 0.29) is 43.1 Å². The molecule has 0 radical (unpaired) electrons. The second-order valence-electron chi connectivity index (χ2n) is 7.62. The average molecular weight is 482 g/mol. The maximum absolute atomic E-state index is 13.1. The number of halogens is 2. The number of carbonyl (C=O) groups is 2. The van der Waals surface area contributed by atoms with Gasteiger partial charge in [0.1, 0.15) is 6.54 Å². The minimum Gasteiger partial charge on any atom is -0.323 e. The van der Waals surface area contributed by atoms with E-state index in [4.69, 9.17) is 23.2 Å². The van der Waals surface area contributed by atoms with Gasteiger partial charge in [0, 0.05) is 34.6 Å². The van der Waals surface area contributed by atoms with Crippen LogP contribution in [0.5, 0.6) is 0 Å². The van der Waals surface area contributed by atoms with E-state index in [1.165, 1.54) is 9.21 Å². The molecule has 7 nitrogen and oxygen atoms in total. The van der Waals surface area contributed by atoms with Crippen LogP contribution in [0.25, 0.3) is 0 Å². The summed E-state index contributed by atoms with van der Waals surface area (Å²) in [4.78, 5) is 26.7. The first-order chi connectivity index (χ1) is 14.8. The van der Waals surface area contributed by atoms with E-state index >= 15 is 0 Å². The van der Waals surface area contributed by atoms with Crippen LogP contribution in [-0.2, 0) is 25.4 Å². The molecule has 0 unspecified atom stereocenters. The molecule has 10 heteroatoms. The Morgan fingerprint density at radius 2 is 1.68 bits per heavy atom. The second kappa shape index (κ2) is 8.78. The molecule has 1 saturated heterocycles. The molecule has 1 fully saturated rings. The predicted molar refractivity (Wildman–Crippen MR) is 121 cm³/mol. The Kier molecular flexibility index (Phi) is 6.25. The fraction of sp³-hybridized carbons (Fsp3) is 0.333. The van der Waals surface area contributed by atoms with E-state index in [0.717, 1.165) is 0 Å². The lowest BCUT2D eigenvalue weighted by Crippen LogP contribution is -2.48. The molecule has 2 aromatic carbocycles. The highest BCUT2D eigenvalue weighted by atomic mass is 35.5. The molecule has 0 saturated carbocycles. The molecular formula is C21H21Cl2N3O4S. The van der Waals surface area contributed by atoms with Gasteiger partial charge in [0.25, 0.3) is 0 Å². The van der Waals surface area contributed by atoms with Crippen molar-refractivity contribution in [2.24, 2.45) is 5.92 Å². The van der Waals surface area contributed by atoms with Gasteiger partial charge in [0.15, 0.2) is 0 Å². The minimum atomic E-state index is -3.64. The van der Waals surface area contributed by atoms with E-state index in [0.29, 0.717) is 39.8 Å². The number of hydrogen-bond donors (Lipinski definition) is 1. The molecule has 164 valence electrons. The summed E-state index contributed by atoms with van der Waals surface area (Å²) in [5.74, 6) is -1.05. The average Bonchev–Trinajstić information content (AvgIpc) is 2.75. The van der Waals surface area contributed by atoms with Crippen molar-refractivity contribution in [2.45, 2.75) is 18.6 Å². The monoisotopic (exact) mass is 481 g/mol. The number of fused-ring (bicyclic) bond motifs is 1. The maximum atomic E-state index is 13.1. The molecule has 31 heavy (non-hydrogen) atoms. The first kappa shape index (κ1) is 22.1. The number of benzene rings is 2. The summed E-state index contributed by atoms with van der Waals surface area (Å²) in [6.07, 6.45) is 0.767. The highest BCUT2D eigenvalue weighted by Crippen LogP contribution is 2.33. The number of nitrogens with zero attached hydrogens (tertiary/aromatic N) is 2. The van der Waals surface area contributed by atoms with Crippen molar-refractivity contribution in [3.05, 3.63) is 58.1 Å². The zero-order chi connectivity index (χ0) is 22.2. The van der Waals surface area contributed by atoms with Gasteiger partial charge in [-0.1, -0.05) is 41.4 Å². The third kappa shape index (κ3) is 4.57. The number of carbonyl (C=O) groups excluding carboxylic acids is 2. The van der Waals surface area contributed by atoms with Crippen LogP contribution in [0.4, 0.5) is 11.4 Å². The Hall–Kier alpha value is -2.13. The van der Waals surface area contributed by atoms with E-state index in [9.17, 15) is 18.0 Å². The lowest BCUT2D eigenvalue weighted by Gasteiger charge is -2.35. The summed E-state index contributed by atoms with van der Waals surface area (Å²) in [7, 11) is -3.64. The van der Waals surface area contributed by atoms with Gasteiger partial charge in [0.2, 0.25) is 21.8 Å². The Labute approximate surface area is 191 Å². The van der Waals surface area contributed by atoms with Gasteiger partial charge in [-0.15, -0.1) is 0 Å². The zero-order valence-electron chi connectivity index (χ0n) is 16.6. The minimum absolute atomic E-state index is 0.0423. The number of rotatable bonds is 4. The zero-order valence-corrected chi connectivity index (χ0v) is 18.9. The Morgan fingerprint density at radius 1 is 1.03 bits per heavy atom. The first-order valence-corrected chi connectivity index (χ1v) is 12.2. The summed E-state index contributed by atoms with van der Waals surface area (Å²) >= 11 is 12.3. The normalized spacial score (nSPS) is 17.9. The van der Waals surface area contributed by atoms with Gasteiger partial charge in [-0.25, -0.2) is 12.7 Å². The third-order valence-electron chi connectivity index (χ3n) is 5.62. The molecule has 0 atom stereocenters. The molecule has 2 aromatic rings. The fourth-order valence-electron chi connectivity index (χ4n) is 3.98. The smallest absolute Gasteiger partial charge is 0.244 e. The SMILES string of the molecule is O=C1CN(C(=O)C2CCN(S(=O)(=O)Cc3c(Cl)cccc3Cl)CC2)c2ccccc2N1. The van der Waals surface area contributed by atoms with E-state index < -0.39 is 10.0 Å². The second-order valence-corrected chi connectivity index (χ2v) is 10.4. The van der Waals surface area contributed by atoms with Crippen molar-refractivity contribution in [3.63, 3.8) is 0 Å². The van der Waals surface area contributed by atoms with Gasteiger partial charge in [-0.3, -0.25) is 9.59 Å². The lowest BCUT2D eigenvalue weighted by molar-refractivity contribution is -0.125. The van der Waals surface area contributed by atoms with Crippen molar-refractivity contribution in [3.8, 4) is 0 Å². The summed E-state index contributed by atoms with van der Waals surface area (Å²) in [5.41, 5.74) is 1.64. The molecular weight excluding hydrogens is 461 g/mol. The summed E-state index contributed by atoms with van der Waals surface area (Å²) in [6, 6.07) is 12.0. The number of sulfonamides is 1. The number of amides is 2. The van der Waals surface area contributed by atoms with Crippen molar-refractivity contribution in [1.82, 2.24) is 4.31 Å². The van der Waals surface area contributed by atoms with E-state index in [2.05, 4.69) is 5.32 Å². The molecule has 2 aliphatic rings. The highest BCUT2D eigenvalue weighted by Gasteiger charge is 2.36. The Balaban J connectivity index is 1.44. The van der Waals surface area contributed by atoms with Crippen LogP contribution in [0.1, 0.15) is 18.4 Å². The maximum Gasteiger partial charge on any atom is 0.244 e. The molecule has 4 rings (SSSR count). The van der Waals surface area contributed by atoms with Gasteiger partial charge in [-0.05, 0) is 37.1 Å². The molecule has 2 aliphatic heterocycles. The van der Waals surface area contributed by atoms with Crippen LogP contribution >= 0.6 is 23.2 Å². The molecule has 0 bridgehead atoms. The van der Waals surface area contributed by atoms with Gasteiger partial charge in [0.05, 0.1) is 17.1 Å². The van der Waals surface area contributed by atoms with E-state index in [1.54, 1.807) is 36.4 Å². The quantitative estimate of drug-likeness (QED) is 0.723. The van der Waals surface area contributed by atoms with Gasteiger partial charge in [-0.2, -0.15) is 0 Å². The van der Waals surface area contributed by atoms with Crippen molar-refractivity contribution in [2.75, 3.05) is 29.9 Å². The molecule has 2 heterocycles. The van der Waals surface area contributed by atoms with Crippen molar-refractivity contribution < 1.29 is 18.0 Å². The van der Waals surface area contributed by atoms with Crippen LogP contribution in [0, 0.1) is 5.92 Å². The van der Waals surface area contributed by atoms with Crippen molar-refractivity contribution in [1.29, 1.82) is 0 Å². The van der Waals surface area contributed by atoms with Crippen LogP contribution in [-0.4, -0.2) is 44.2 Å². The molecule has 1 N–H and O–H groups in total. The summed E-state index contributed by atoms with van der Waals surface area (Å²) < 4.78 is 27.2. The Morgan fingerprint density at radius 3 is 2.35 bits per heavy atom. The largest absolute Gasteiger partial charge is 0.323 e. The van der Waals surface area contributed by atoms with Crippen LogP contribution < -0.4 is 10.2 Å². The Bertz CT molecular complexity index is 1110. The number of anilines is 2. The van der Waals surface area contributed by atoms with Gasteiger partial charge >= 0.3 is 0 Å². The standard InChI is InChI=1S/C21H21Cl2N3O4S/c22-16-4-3-5-17(23)15(16)13-31(29,30)25-10-8-14(9-11-25)21(28)26-12-20(27)24-18-6-1-2-7-19(18)26/h1-7,14H,8-13H2,(H,24,27). The first-order valence-electron chi connectivity index (χ1n) is 9.87. The number of hydrogen-bond acceptors (Lipinski definition) is 4. The van der Waals surface area contributed by atoms with Crippen LogP contribution in [0.15, 0.2) is 42.5 Å². The number of nitrogens with one attached hydrogen (secondary N) is 1. The summed E-state index contributed by atoms with van der Waals surface area (Å²) in [6.45, 7) is 0.407. The topological polar surface area (TPSA) is 86.8 Å². The number of piperidine rings is 1. The highest BCUT2D eigenvalue weighted by molar-refractivity contribution is 7.88. The molecule has 0 aromatic heterocycles. The van der Waals surface area contributed by atoms with Crippen LogP contribution in [0.3, 0.4) is 0 Å². The molecule has 0 aliphatic carbocycles. The molecule has 2 amide bonds.